The summed E-state index contributed by atoms with van der Waals surface area (Å²) in [5.74, 6) is 5.31. The van der Waals surface area contributed by atoms with Gasteiger partial charge in [-0.15, -0.1) is 0 Å². The van der Waals surface area contributed by atoms with Gasteiger partial charge in [0.05, 0.1) is 0 Å². The number of nitrogens with one attached hydrogen (secondary N) is 1. The summed E-state index contributed by atoms with van der Waals surface area (Å²) >= 11 is 0. The van der Waals surface area contributed by atoms with Crippen molar-refractivity contribution < 1.29 is 5.11 Å². The van der Waals surface area contributed by atoms with Crippen molar-refractivity contribution in [1.82, 2.24) is 5.43 Å². The van der Waals surface area contributed by atoms with Gasteiger partial charge in [0.2, 0.25) is 0 Å². The van der Waals surface area contributed by atoms with Gasteiger partial charge in [-0.05, 0) is 12.8 Å². The van der Waals surface area contributed by atoms with E-state index in [4.69, 9.17) is 5.84 Å². The Morgan fingerprint density at radius 3 is 2.17 bits per heavy atom. The normalized spacial score (nSPS) is 23.5. The summed E-state index contributed by atoms with van der Waals surface area (Å²) in [4.78, 5) is 0. The third-order valence-electron chi connectivity index (χ3n) is 2.98. The average molecular weight is 172 g/mol. The van der Waals surface area contributed by atoms with Crippen LogP contribution in [0.5, 0.6) is 0 Å². The molecule has 3 nitrogen and oxygen atoms in total. The van der Waals surface area contributed by atoms with Crippen LogP contribution in [0.25, 0.3) is 0 Å². The van der Waals surface area contributed by atoms with Crippen molar-refractivity contribution >= 4 is 0 Å². The topological polar surface area (TPSA) is 58.3 Å². The molecule has 0 heterocycles. The van der Waals surface area contributed by atoms with E-state index in [0.717, 1.165) is 19.4 Å². The molecule has 1 fully saturated rings. The van der Waals surface area contributed by atoms with E-state index in [2.05, 4.69) is 5.43 Å². The minimum absolute atomic E-state index is 0.0747. The molecular formula is C9H20N2O. The maximum atomic E-state index is 9.30. The Morgan fingerprint density at radius 2 is 1.75 bits per heavy atom. The molecule has 0 saturated heterocycles. The summed E-state index contributed by atoms with van der Waals surface area (Å²) < 4.78 is 0. The number of hydrogen-bond acceptors (Lipinski definition) is 3. The lowest BCUT2D eigenvalue weighted by molar-refractivity contribution is 0.105. The van der Waals surface area contributed by atoms with Gasteiger partial charge in [-0.2, -0.15) is 0 Å². The molecule has 1 aliphatic rings. The number of nitrogens with two attached hydrogens (primary N) is 1. The minimum Gasteiger partial charge on any atom is -0.396 e. The second-order valence-electron chi connectivity index (χ2n) is 3.95. The van der Waals surface area contributed by atoms with Crippen molar-refractivity contribution in [2.45, 2.75) is 38.5 Å². The maximum absolute atomic E-state index is 9.30. The second-order valence-corrected chi connectivity index (χ2v) is 3.95. The van der Waals surface area contributed by atoms with Crippen LogP contribution >= 0.6 is 0 Å². The molecule has 4 N–H and O–H groups in total. The van der Waals surface area contributed by atoms with Crippen LogP contribution in [0.1, 0.15) is 38.5 Å². The number of hydrogen-bond donors (Lipinski definition) is 3. The quantitative estimate of drug-likeness (QED) is 0.335. The molecule has 0 unspecified atom stereocenters. The Labute approximate surface area is 74.3 Å². The van der Waals surface area contributed by atoms with Crippen LogP contribution in [0.3, 0.4) is 0 Å². The fourth-order valence-corrected chi connectivity index (χ4v) is 2.09. The number of hydrazine groups is 1. The zero-order valence-corrected chi connectivity index (χ0v) is 7.68. The molecule has 0 radical (unpaired) electrons. The monoisotopic (exact) mass is 172 g/mol. The molecule has 3 heteroatoms. The minimum atomic E-state index is 0.0747. The first-order valence-electron chi connectivity index (χ1n) is 4.87. The van der Waals surface area contributed by atoms with Crippen LogP contribution in [-0.2, 0) is 0 Å². The van der Waals surface area contributed by atoms with E-state index in [1.54, 1.807) is 0 Å². The van der Waals surface area contributed by atoms with Crippen LogP contribution < -0.4 is 11.3 Å². The molecular weight excluding hydrogens is 152 g/mol. The van der Waals surface area contributed by atoms with Gasteiger partial charge in [0.25, 0.3) is 0 Å². The van der Waals surface area contributed by atoms with Gasteiger partial charge >= 0.3 is 0 Å². The molecule has 0 bridgehead atoms. The second kappa shape index (κ2) is 4.80. The van der Waals surface area contributed by atoms with Crippen LogP contribution in [0.4, 0.5) is 0 Å². The largest absolute Gasteiger partial charge is 0.396 e. The zero-order chi connectivity index (χ0) is 8.86. The summed E-state index contributed by atoms with van der Waals surface area (Å²) in [5, 5.41) is 9.30. The SMILES string of the molecule is NNCC1(CO)CCCCCC1. The average Bonchev–Trinajstić information content (AvgIpc) is 2.32. The van der Waals surface area contributed by atoms with E-state index < -0.39 is 0 Å². The highest BCUT2D eigenvalue weighted by Gasteiger charge is 2.29. The predicted molar refractivity (Wildman–Crippen MR) is 49.4 cm³/mol. The molecule has 0 amide bonds. The van der Waals surface area contributed by atoms with Gasteiger partial charge in [0, 0.05) is 18.6 Å². The first-order valence-corrected chi connectivity index (χ1v) is 4.87. The van der Waals surface area contributed by atoms with Crippen LogP contribution in [0, 0.1) is 5.41 Å². The lowest BCUT2D eigenvalue weighted by Crippen LogP contribution is -2.40. The molecule has 0 aliphatic heterocycles. The summed E-state index contributed by atoms with van der Waals surface area (Å²) in [6.07, 6.45) is 7.34. The summed E-state index contributed by atoms with van der Waals surface area (Å²) in [7, 11) is 0. The van der Waals surface area contributed by atoms with Gasteiger partial charge in [-0.3, -0.25) is 11.3 Å². The molecule has 0 aromatic rings. The fraction of sp³-hybridized carbons (Fsp3) is 1.00. The Balaban J connectivity index is 2.48. The maximum Gasteiger partial charge on any atom is 0.0500 e. The van der Waals surface area contributed by atoms with Crippen molar-refractivity contribution in [2.75, 3.05) is 13.2 Å². The summed E-state index contributed by atoms with van der Waals surface area (Å²) in [6.45, 7) is 1.03. The van der Waals surface area contributed by atoms with Crippen molar-refractivity contribution in [3.63, 3.8) is 0 Å². The molecule has 1 rings (SSSR count). The first kappa shape index (κ1) is 9.96. The molecule has 0 aromatic heterocycles. The molecule has 0 atom stereocenters. The van der Waals surface area contributed by atoms with Crippen molar-refractivity contribution in [3.8, 4) is 0 Å². The third-order valence-corrected chi connectivity index (χ3v) is 2.98. The van der Waals surface area contributed by atoms with Crippen molar-refractivity contribution in [3.05, 3.63) is 0 Å². The molecule has 0 spiro atoms. The molecule has 1 saturated carbocycles. The van der Waals surface area contributed by atoms with E-state index in [9.17, 15) is 5.11 Å². The van der Waals surface area contributed by atoms with Crippen LogP contribution in [-0.4, -0.2) is 18.3 Å². The van der Waals surface area contributed by atoms with Gasteiger partial charge in [-0.25, -0.2) is 0 Å². The Bertz CT molecular complexity index is 120. The fourth-order valence-electron chi connectivity index (χ4n) is 2.09. The molecule has 0 aromatic carbocycles. The van der Waals surface area contributed by atoms with E-state index in [1.165, 1.54) is 25.7 Å². The Kier molecular flexibility index (Phi) is 3.98. The van der Waals surface area contributed by atoms with Crippen molar-refractivity contribution in [1.29, 1.82) is 0 Å². The van der Waals surface area contributed by atoms with Gasteiger partial charge < -0.3 is 5.11 Å². The third kappa shape index (κ3) is 2.44. The van der Waals surface area contributed by atoms with Gasteiger partial charge in [0.1, 0.15) is 0 Å². The highest BCUT2D eigenvalue weighted by Crippen LogP contribution is 2.33. The van der Waals surface area contributed by atoms with E-state index in [0.29, 0.717) is 0 Å². The summed E-state index contributed by atoms with van der Waals surface area (Å²) in [6, 6.07) is 0. The molecule has 1 aliphatic carbocycles. The molecule has 12 heavy (non-hydrogen) atoms. The van der Waals surface area contributed by atoms with Crippen molar-refractivity contribution in [2.24, 2.45) is 11.3 Å². The number of aliphatic hydroxyl groups is 1. The van der Waals surface area contributed by atoms with E-state index in [1.807, 2.05) is 0 Å². The van der Waals surface area contributed by atoms with E-state index in [-0.39, 0.29) is 12.0 Å². The lowest BCUT2D eigenvalue weighted by atomic mass is 9.81. The highest BCUT2D eigenvalue weighted by atomic mass is 16.3. The van der Waals surface area contributed by atoms with Gasteiger partial charge in [0.15, 0.2) is 0 Å². The Morgan fingerprint density at radius 1 is 1.17 bits per heavy atom. The highest BCUT2D eigenvalue weighted by molar-refractivity contribution is 4.82. The summed E-state index contributed by atoms with van der Waals surface area (Å²) in [5.41, 5.74) is 2.77. The Hall–Kier alpha value is -0.120. The molecule has 72 valence electrons. The predicted octanol–water partition coefficient (Wildman–Crippen LogP) is 0.783. The van der Waals surface area contributed by atoms with Crippen LogP contribution in [0.15, 0.2) is 0 Å². The standard InChI is InChI=1S/C9H20N2O/c10-11-7-9(8-12)5-3-1-2-4-6-9/h11-12H,1-8,10H2. The lowest BCUT2D eigenvalue weighted by Gasteiger charge is -2.29. The van der Waals surface area contributed by atoms with E-state index >= 15 is 0 Å². The number of aliphatic hydroxyl groups excluding tert-OH is 1. The van der Waals surface area contributed by atoms with Crippen LogP contribution in [0.2, 0.25) is 0 Å². The van der Waals surface area contributed by atoms with Gasteiger partial charge in [-0.1, -0.05) is 25.7 Å². The number of rotatable bonds is 3. The smallest absolute Gasteiger partial charge is 0.0500 e. The first-order chi connectivity index (χ1) is 5.83. The zero-order valence-electron chi connectivity index (χ0n) is 7.68.